The molecule has 0 atom stereocenters. The maximum Gasteiger partial charge on any atom is 0.317 e. The number of hydrogen-bond acceptors (Lipinski definition) is 2. The van der Waals surface area contributed by atoms with Crippen LogP contribution in [0, 0.1) is 0 Å². The maximum atomic E-state index is 11.6. The third-order valence-electron chi connectivity index (χ3n) is 3.08. The Hall–Kier alpha value is -1.26. The Morgan fingerprint density at radius 2 is 1.81 bits per heavy atom. The first-order valence-electron chi connectivity index (χ1n) is 5.66. The van der Waals surface area contributed by atoms with Gasteiger partial charge in [0.15, 0.2) is 0 Å². The van der Waals surface area contributed by atoms with Crippen molar-refractivity contribution in [2.45, 2.75) is 44.1 Å². The van der Waals surface area contributed by atoms with Crippen LogP contribution in [0.2, 0.25) is 0 Å². The predicted molar refractivity (Wildman–Crippen MR) is 60.3 cm³/mol. The van der Waals surface area contributed by atoms with Crippen LogP contribution in [0.25, 0.3) is 0 Å². The second kappa shape index (κ2) is 5.18. The van der Waals surface area contributed by atoms with Gasteiger partial charge in [0.2, 0.25) is 0 Å². The molecule has 0 unspecified atom stereocenters. The van der Waals surface area contributed by atoms with Crippen molar-refractivity contribution < 1.29 is 14.7 Å². The molecule has 2 amide bonds. The van der Waals surface area contributed by atoms with E-state index in [2.05, 4.69) is 5.32 Å². The highest BCUT2D eigenvalue weighted by atomic mass is 16.4. The summed E-state index contributed by atoms with van der Waals surface area (Å²) in [5, 5.41) is 11.8. The van der Waals surface area contributed by atoms with Gasteiger partial charge in [-0.25, -0.2) is 4.79 Å². The van der Waals surface area contributed by atoms with E-state index in [9.17, 15) is 9.59 Å². The number of rotatable bonds is 3. The smallest absolute Gasteiger partial charge is 0.317 e. The number of amides is 2. The minimum atomic E-state index is -0.846. The lowest BCUT2D eigenvalue weighted by Gasteiger charge is -2.37. The summed E-state index contributed by atoms with van der Waals surface area (Å²) >= 11 is 0. The molecule has 0 aromatic heterocycles. The number of urea groups is 1. The second-order valence-electron chi connectivity index (χ2n) is 4.74. The van der Waals surface area contributed by atoms with Crippen LogP contribution in [0.1, 0.15) is 38.5 Å². The van der Waals surface area contributed by atoms with Crippen LogP contribution in [-0.2, 0) is 4.79 Å². The second-order valence-corrected chi connectivity index (χ2v) is 4.74. The van der Waals surface area contributed by atoms with Gasteiger partial charge in [0.1, 0.15) is 0 Å². The summed E-state index contributed by atoms with van der Waals surface area (Å²) in [6, 6.07) is -0.205. The number of carboxylic acid groups (broad SMARTS) is 1. The molecule has 1 aliphatic rings. The number of carbonyl (C=O) groups excluding carboxylic acids is 1. The van der Waals surface area contributed by atoms with E-state index < -0.39 is 11.5 Å². The van der Waals surface area contributed by atoms with Crippen LogP contribution in [-0.4, -0.2) is 41.6 Å². The normalized spacial score (nSPS) is 18.9. The Morgan fingerprint density at radius 3 is 2.25 bits per heavy atom. The molecule has 2 N–H and O–H groups in total. The Morgan fingerprint density at radius 1 is 1.25 bits per heavy atom. The Kier molecular flexibility index (Phi) is 4.15. The Labute approximate surface area is 95.8 Å². The van der Waals surface area contributed by atoms with Crippen molar-refractivity contribution in [1.29, 1.82) is 0 Å². The molecule has 5 heteroatoms. The number of carboxylic acids is 1. The van der Waals surface area contributed by atoms with E-state index in [1.807, 2.05) is 0 Å². The van der Waals surface area contributed by atoms with Crippen molar-refractivity contribution >= 4 is 12.0 Å². The quantitative estimate of drug-likeness (QED) is 0.767. The van der Waals surface area contributed by atoms with Gasteiger partial charge in [0.25, 0.3) is 0 Å². The van der Waals surface area contributed by atoms with Crippen LogP contribution < -0.4 is 5.32 Å². The Bertz CT molecular complexity index is 270. The zero-order valence-corrected chi connectivity index (χ0v) is 9.95. The van der Waals surface area contributed by atoms with Crippen LogP contribution in [0.15, 0.2) is 0 Å². The minimum absolute atomic E-state index is 0.0204. The molecule has 0 aliphatic heterocycles. The van der Waals surface area contributed by atoms with E-state index in [4.69, 9.17) is 5.11 Å². The molecule has 92 valence electrons. The van der Waals surface area contributed by atoms with Crippen LogP contribution in [0.4, 0.5) is 4.79 Å². The van der Waals surface area contributed by atoms with Gasteiger partial charge in [0.05, 0.1) is 12.0 Å². The van der Waals surface area contributed by atoms with Gasteiger partial charge in [-0.2, -0.15) is 0 Å². The standard InChI is InChI=1S/C11H20N2O3/c1-13(2)10(16)12-11(8-9(14)15)6-4-3-5-7-11/h3-8H2,1-2H3,(H,12,16)(H,14,15). The van der Waals surface area contributed by atoms with Gasteiger partial charge < -0.3 is 15.3 Å². The first kappa shape index (κ1) is 12.8. The summed E-state index contributed by atoms with van der Waals surface area (Å²) in [5.74, 6) is -0.846. The van der Waals surface area contributed by atoms with E-state index in [1.165, 1.54) is 4.90 Å². The van der Waals surface area contributed by atoms with Gasteiger partial charge in [-0.05, 0) is 12.8 Å². The van der Waals surface area contributed by atoms with Gasteiger partial charge in [-0.1, -0.05) is 19.3 Å². The van der Waals surface area contributed by atoms with E-state index in [-0.39, 0.29) is 12.5 Å². The third kappa shape index (κ3) is 3.40. The van der Waals surface area contributed by atoms with Crippen molar-refractivity contribution in [3.8, 4) is 0 Å². The van der Waals surface area contributed by atoms with E-state index in [1.54, 1.807) is 14.1 Å². The van der Waals surface area contributed by atoms with Gasteiger partial charge in [-0.15, -0.1) is 0 Å². The van der Waals surface area contributed by atoms with Crippen LogP contribution in [0.5, 0.6) is 0 Å². The van der Waals surface area contributed by atoms with E-state index in [0.717, 1.165) is 32.1 Å². The zero-order valence-electron chi connectivity index (χ0n) is 9.95. The topological polar surface area (TPSA) is 69.6 Å². The van der Waals surface area contributed by atoms with Crippen LogP contribution >= 0.6 is 0 Å². The fourth-order valence-corrected chi connectivity index (χ4v) is 2.20. The lowest BCUT2D eigenvalue weighted by atomic mass is 9.79. The molecule has 0 bridgehead atoms. The number of carbonyl (C=O) groups is 2. The lowest BCUT2D eigenvalue weighted by molar-refractivity contribution is -0.139. The third-order valence-corrected chi connectivity index (χ3v) is 3.08. The zero-order chi connectivity index (χ0) is 12.2. The van der Waals surface area contributed by atoms with Gasteiger partial charge in [-0.3, -0.25) is 4.79 Å². The first-order chi connectivity index (χ1) is 7.45. The molecule has 0 saturated heterocycles. The molecular formula is C11H20N2O3. The highest BCUT2D eigenvalue weighted by Crippen LogP contribution is 2.31. The minimum Gasteiger partial charge on any atom is -0.481 e. The highest BCUT2D eigenvalue weighted by Gasteiger charge is 2.36. The largest absolute Gasteiger partial charge is 0.481 e. The first-order valence-corrected chi connectivity index (χ1v) is 5.66. The predicted octanol–water partition coefficient (Wildman–Crippen LogP) is 1.44. The van der Waals surface area contributed by atoms with Crippen molar-refractivity contribution in [2.75, 3.05) is 14.1 Å². The molecule has 1 fully saturated rings. The molecule has 0 heterocycles. The fraction of sp³-hybridized carbons (Fsp3) is 0.818. The molecule has 1 saturated carbocycles. The summed E-state index contributed by atoms with van der Waals surface area (Å²) < 4.78 is 0. The number of hydrogen-bond donors (Lipinski definition) is 2. The maximum absolute atomic E-state index is 11.6. The van der Waals surface area contributed by atoms with Crippen LogP contribution in [0.3, 0.4) is 0 Å². The molecule has 16 heavy (non-hydrogen) atoms. The summed E-state index contributed by atoms with van der Waals surface area (Å²) in [5.41, 5.74) is -0.536. The fourth-order valence-electron chi connectivity index (χ4n) is 2.20. The molecule has 0 aromatic carbocycles. The molecule has 1 rings (SSSR count). The van der Waals surface area contributed by atoms with Crippen molar-refractivity contribution in [2.24, 2.45) is 0 Å². The molecule has 0 radical (unpaired) electrons. The summed E-state index contributed by atoms with van der Waals surface area (Å²) in [7, 11) is 3.32. The van der Waals surface area contributed by atoms with Gasteiger partial charge >= 0.3 is 12.0 Å². The number of aliphatic carboxylic acids is 1. The molecule has 1 aliphatic carbocycles. The SMILES string of the molecule is CN(C)C(=O)NC1(CC(=O)O)CCCCC1. The average molecular weight is 228 g/mol. The van der Waals surface area contributed by atoms with Crippen molar-refractivity contribution in [3.63, 3.8) is 0 Å². The monoisotopic (exact) mass is 228 g/mol. The lowest BCUT2D eigenvalue weighted by Crippen LogP contribution is -2.53. The van der Waals surface area contributed by atoms with E-state index in [0.29, 0.717) is 0 Å². The average Bonchev–Trinajstić information content (AvgIpc) is 2.17. The van der Waals surface area contributed by atoms with E-state index >= 15 is 0 Å². The number of nitrogens with one attached hydrogen (secondary N) is 1. The molecule has 5 nitrogen and oxygen atoms in total. The highest BCUT2D eigenvalue weighted by molar-refractivity contribution is 5.76. The molecule has 0 aromatic rings. The molecule has 0 spiro atoms. The Balaban J connectivity index is 2.69. The summed E-state index contributed by atoms with van der Waals surface area (Å²) in [6.45, 7) is 0. The number of nitrogens with zero attached hydrogens (tertiary/aromatic N) is 1. The summed E-state index contributed by atoms with van der Waals surface area (Å²) in [6.07, 6.45) is 4.64. The van der Waals surface area contributed by atoms with Crippen molar-refractivity contribution in [1.82, 2.24) is 10.2 Å². The van der Waals surface area contributed by atoms with Crippen molar-refractivity contribution in [3.05, 3.63) is 0 Å². The molecular weight excluding hydrogens is 208 g/mol. The summed E-state index contributed by atoms with van der Waals surface area (Å²) in [4.78, 5) is 23.9. The van der Waals surface area contributed by atoms with Gasteiger partial charge in [0, 0.05) is 14.1 Å².